The molecule has 1 saturated carbocycles. The van der Waals surface area contributed by atoms with Crippen LogP contribution in [-0.4, -0.2) is 11.9 Å². The lowest BCUT2D eigenvalue weighted by Crippen LogP contribution is -2.40. The minimum Gasteiger partial charge on any atom is -0.353 e. The van der Waals surface area contributed by atoms with Gasteiger partial charge in [-0.05, 0) is 43.1 Å². The molecule has 3 nitrogen and oxygen atoms in total. The van der Waals surface area contributed by atoms with Crippen LogP contribution >= 0.6 is 0 Å². The van der Waals surface area contributed by atoms with E-state index in [-0.39, 0.29) is 11.9 Å². The van der Waals surface area contributed by atoms with Crippen LogP contribution in [-0.2, 0) is 4.79 Å². The van der Waals surface area contributed by atoms with E-state index < -0.39 is 0 Å². The first-order valence-corrected chi connectivity index (χ1v) is 8.14. The highest BCUT2D eigenvalue weighted by Crippen LogP contribution is 2.28. The van der Waals surface area contributed by atoms with Crippen molar-refractivity contribution < 1.29 is 4.79 Å². The SMILES string of the molecule is CC1CC(C)CC(NC(=O)CCC(N)c2ccccc2)C1. The van der Waals surface area contributed by atoms with Gasteiger partial charge in [-0.2, -0.15) is 0 Å². The van der Waals surface area contributed by atoms with Gasteiger partial charge in [0.15, 0.2) is 0 Å². The maximum Gasteiger partial charge on any atom is 0.220 e. The first-order chi connectivity index (χ1) is 10.0. The summed E-state index contributed by atoms with van der Waals surface area (Å²) in [6.07, 6.45) is 4.72. The Morgan fingerprint density at radius 2 is 1.81 bits per heavy atom. The molecule has 0 aromatic heterocycles. The molecule has 3 heteroatoms. The zero-order valence-electron chi connectivity index (χ0n) is 13.2. The van der Waals surface area contributed by atoms with Crippen LogP contribution in [0.2, 0.25) is 0 Å². The molecule has 3 unspecified atom stereocenters. The Balaban J connectivity index is 1.74. The predicted molar refractivity (Wildman–Crippen MR) is 86.7 cm³/mol. The van der Waals surface area contributed by atoms with Gasteiger partial charge in [0.1, 0.15) is 0 Å². The van der Waals surface area contributed by atoms with Gasteiger partial charge in [-0.1, -0.05) is 44.2 Å². The van der Waals surface area contributed by atoms with E-state index in [0.717, 1.165) is 18.4 Å². The summed E-state index contributed by atoms with van der Waals surface area (Å²) < 4.78 is 0. The van der Waals surface area contributed by atoms with E-state index in [2.05, 4.69) is 19.2 Å². The van der Waals surface area contributed by atoms with E-state index in [1.165, 1.54) is 6.42 Å². The van der Waals surface area contributed by atoms with E-state index in [4.69, 9.17) is 5.73 Å². The van der Waals surface area contributed by atoms with Gasteiger partial charge in [-0.3, -0.25) is 4.79 Å². The third-order valence-electron chi connectivity index (χ3n) is 4.45. The molecule has 0 heterocycles. The van der Waals surface area contributed by atoms with Crippen molar-refractivity contribution >= 4 is 5.91 Å². The summed E-state index contributed by atoms with van der Waals surface area (Å²) in [6, 6.07) is 10.3. The van der Waals surface area contributed by atoms with Gasteiger partial charge in [0.2, 0.25) is 5.91 Å². The summed E-state index contributed by atoms with van der Waals surface area (Å²) in [6.45, 7) is 4.56. The first-order valence-electron chi connectivity index (χ1n) is 8.14. The van der Waals surface area contributed by atoms with E-state index in [1.807, 2.05) is 30.3 Å². The molecule has 1 aliphatic carbocycles. The Kier molecular flexibility index (Phi) is 5.80. The fourth-order valence-electron chi connectivity index (χ4n) is 3.52. The molecule has 0 saturated heterocycles. The molecule has 1 aromatic carbocycles. The standard InChI is InChI=1S/C18H28N2O/c1-13-10-14(2)12-16(11-13)20-18(21)9-8-17(19)15-6-4-3-5-7-15/h3-7,13-14,16-17H,8-12,19H2,1-2H3,(H,20,21). The van der Waals surface area contributed by atoms with Crippen LogP contribution in [0, 0.1) is 11.8 Å². The molecule has 0 radical (unpaired) electrons. The van der Waals surface area contributed by atoms with E-state index in [1.54, 1.807) is 0 Å². The maximum absolute atomic E-state index is 12.1. The normalized spacial score (nSPS) is 27.1. The number of hydrogen-bond donors (Lipinski definition) is 2. The molecule has 0 aliphatic heterocycles. The molecular formula is C18H28N2O. The number of nitrogens with one attached hydrogen (secondary N) is 1. The van der Waals surface area contributed by atoms with Crippen LogP contribution in [0.15, 0.2) is 30.3 Å². The number of carbonyl (C=O) groups is 1. The van der Waals surface area contributed by atoms with Crippen LogP contribution in [0.25, 0.3) is 0 Å². The molecule has 1 aliphatic rings. The Bertz CT molecular complexity index is 436. The smallest absolute Gasteiger partial charge is 0.220 e. The van der Waals surface area contributed by atoms with Gasteiger partial charge in [0.25, 0.3) is 0 Å². The molecule has 1 aromatic rings. The zero-order chi connectivity index (χ0) is 15.2. The molecule has 21 heavy (non-hydrogen) atoms. The molecule has 116 valence electrons. The number of amides is 1. The predicted octanol–water partition coefficient (Wildman–Crippen LogP) is 3.41. The third-order valence-corrected chi connectivity index (χ3v) is 4.45. The van der Waals surface area contributed by atoms with Gasteiger partial charge < -0.3 is 11.1 Å². The Morgan fingerprint density at radius 3 is 2.43 bits per heavy atom. The van der Waals surface area contributed by atoms with Crippen LogP contribution < -0.4 is 11.1 Å². The van der Waals surface area contributed by atoms with Gasteiger partial charge in [-0.25, -0.2) is 0 Å². The Hall–Kier alpha value is -1.35. The van der Waals surface area contributed by atoms with Crippen LogP contribution in [0.1, 0.15) is 57.6 Å². The summed E-state index contributed by atoms with van der Waals surface area (Å²) in [7, 11) is 0. The average Bonchev–Trinajstić information content (AvgIpc) is 2.44. The number of nitrogens with two attached hydrogens (primary N) is 1. The molecule has 3 N–H and O–H groups in total. The molecule has 0 spiro atoms. The van der Waals surface area contributed by atoms with Crippen molar-refractivity contribution in [3.63, 3.8) is 0 Å². The highest BCUT2D eigenvalue weighted by molar-refractivity contribution is 5.76. The largest absolute Gasteiger partial charge is 0.353 e. The van der Waals surface area contributed by atoms with Crippen molar-refractivity contribution in [2.24, 2.45) is 17.6 Å². The summed E-state index contributed by atoms with van der Waals surface area (Å²) in [5.41, 5.74) is 7.24. The topological polar surface area (TPSA) is 55.1 Å². The second-order valence-corrected chi connectivity index (χ2v) is 6.74. The molecule has 1 amide bonds. The quantitative estimate of drug-likeness (QED) is 0.872. The van der Waals surface area contributed by atoms with Crippen molar-refractivity contribution in [1.82, 2.24) is 5.32 Å². The highest BCUT2D eigenvalue weighted by Gasteiger charge is 2.24. The van der Waals surface area contributed by atoms with E-state index in [9.17, 15) is 4.79 Å². The fraction of sp³-hybridized carbons (Fsp3) is 0.611. The first kappa shape index (κ1) is 16.0. The summed E-state index contributed by atoms with van der Waals surface area (Å²) in [5.74, 6) is 1.57. The van der Waals surface area contributed by atoms with Gasteiger partial charge in [0, 0.05) is 18.5 Å². The monoisotopic (exact) mass is 288 g/mol. The highest BCUT2D eigenvalue weighted by atomic mass is 16.1. The average molecular weight is 288 g/mol. The second kappa shape index (κ2) is 7.60. The lowest BCUT2D eigenvalue weighted by atomic mass is 9.80. The van der Waals surface area contributed by atoms with Crippen molar-refractivity contribution in [1.29, 1.82) is 0 Å². The maximum atomic E-state index is 12.1. The van der Waals surface area contributed by atoms with E-state index in [0.29, 0.717) is 30.7 Å². The molecule has 3 atom stereocenters. The summed E-state index contributed by atoms with van der Waals surface area (Å²) in [5, 5.41) is 3.19. The molecular weight excluding hydrogens is 260 g/mol. The molecule has 0 bridgehead atoms. The summed E-state index contributed by atoms with van der Waals surface area (Å²) >= 11 is 0. The van der Waals surface area contributed by atoms with Gasteiger partial charge in [0.05, 0.1) is 0 Å². The van der Waals surface area contributed by atoms with Crippen molar-refractivity contribution in [3.05, 3.63) is 35.9 Å². The number of hydrogen-bond acceptors (Lipinski definition) is 2. The fourth-order valence-corrected chi connectivity index (χ4v) is 3.52. The number of carbonyl (C=O) groups excluding carboxylic acids is 1. The van der Waals surface area contributed by atoms with Gasteiger partial charge in [-0.15, -0.1) is 0 Å². The minimum atomic E-state index is -0.0545. The van der Waals surface area contributed by atoms with Crippen molar-refractivity contribution in [2.45, 2.75) is 58.0 Å². The lowest BCUT2D eigenvalue weighted by molar-refractivity contribution is -0.122. The van der Waals surface area contributed by atoms with Crippen molar-refractivity contribution in [3.8, 4) is 0 Å². The van der Waals surface area contributed by atoms with Gasteiger partial charge >= 0.3 is 0 Å². The van der Waals surface area contributed by atoms with Crippen LogP contribution in [0.3, 0.4) is 0 Å². The van der Waals surface area contributed by atoms with Crippen LogP contribution in [0.4, 0.5) is 0 Å². The summed E-state index contributed by atoms with van der Waals surface area (Å²) in [4.78, 5) is 12.1. The van der Waals surface area contributed by atoms with Crippen LogP contribution in [0.5, 0.6) is 0 Å². The van der Waals surface area contributed by atoms with E-state index >= 15 is 0 Å². The number of rotatable bonds is 5. The zero-order valence-corrected chi connectivity index (χ0v) is 13.2. The Labute approximate surface area is 128 Å². The molecule has 2 rings (SSSR count). The minimum absolute atomic E-state index is 0.0545. The lowest BCUT2D eigenvalue weighted by Gasteiger charge is -2.32. The third kappa shape index (κ3) is 5.16. The number of benzene rings is 1. The van der Waals surface area contributed by atoms with Crippen molar-refractivity contribution in [2.75, 3.05) is 0 Å². The molecule has 1 fully saturated rings. The second-order valence-electron chi connectivity index (χ2n) is 6.74. The Morgan fingerprint density at radius 1 is 1.19 bits per heavy atom.